The maximum absolute atomic E-state index is 5.78. The van der Waals surface area contributed by atoms with Crippen LogP contribution < -0.4 is 20.1 Å². The number of ether oxygens (including phenoxy) is 2. The molecule has 1 unspecified atom stereocenters. The molecule has 1 aliphatic heterocycles. The Morgan fingerprint density at radius 2 is 1.94 bits per heavy atom. The van der Waals surface area contributed by atoms with Gasteiger partial charge in [-0.15, -0.1) is 0 Å². The van der Waals surface area contributed by atoms with E-state index >= 15 is 0 Å². The Kier molecular flexibility index (Phi) is 8.97. The fourth-order valence-corrected chi connectivity index (χ4v) is 3.73. The van der Waals surface area contributed by atoms with Gasteiger partial charge in [-0.05, 0) is 62.6 Å². The van der Waals surface area contributed by atoms with Crippen LogP contribution in [-0.4, -0.2) is 55.7 Å². The van der Waals surface area contributed by atoms with Gasteiger partial charge in [-0.3, -0.25) is 4.99 Å². The van der Waals surface area contributed by atoms with E-state index in [1.54, 1.807) is 14.2 Å². The van der Waals surface area contributed by atoms with Crippen LogP contribution in [-0.2, 0) is 6.54 Å². The number of hydrogen-bond donors (Lipinski definition) is 2. The van der Waals surface area contributed by atoms with Crippen molar-refractivity contribution in [1.82, 2.24) is 20.5 Å². The van der Waals surface area contributed by atoms with Gasteiger partial charge in [0.1, 0.15) is 11.5 Å². The molecule has 0 spiro atoms. The van der Waals surface area contributed by atoms with Crippen molar-refractivity contribution in [2.24, 2.45) is 4.99 Å². The summed E-state index contributed by atoms with van der Waals surface area (Å²) in [7, 11) is 3.44. The quantitative estimate of drug-likeness (QED) is 0.362. The Morgan fingerprint density at radius 1 is 1.13 bits per heavy atom. The number of piperidine rings is 1. The monoisotopic (exact) mass is 425 g/mol. The Bertz CT molecular complexity index is 808. The Hall–Kier alpha value is -2.80. The fourth-order valence-electron chi connectivity index (χ4n) is 3.73. The number of likely N-dealkylation sites (tertiary alicyclic amines) is 1. The van der Waals surface area contributed by atoms with Crippen molar-refractivity contribution >= 4 is 5.96 Å². The number of aromatic nitrogens is 1. The lowest BCUT2D eigenvalue weighted by atomic mass is 10.0. The normalized spacial score (nSPS) is 17.3. The second-order valence-corrected chi connectivity index (χ2v) is 7.87. The zero-order valence-corrected chi connectivity index (χ0v) is 18.9. The first-order valence-electron chi connectivity index (χ1n) is 11.1. The topological polar surface area (TPSA) is 71.0 Å². The SMILES string of the molecule is CN=C(NCCCN1CCCCC1C)NCc1ccc(Oc2ccc(OC)cc2)nc1. The molecule has 1 atom stereocenters. The lowest BCUT2D eigenvalue weighted by molar-refractivity contribution is 0.159. The number of aliphatic imine (C=N–C) groups is 1. The summed E-state index contributed by atoms with van der Waals surface area (Å²) in [6.07, 6.45) is 6.96. The molecule has 7 heteroatoms. The Morgan fingerprint density at radius 3 is 2.61 bits per heavy atom. The lowest BCUT2D eigenvalue weighted by Crippen LogP contribution is -2.41. The summed E-state index contributed by atoms with van der Waals surface area (Å²) in [6, 6.07) is 12.0. The fraction of sp³-hybridized carbons (Fsp3) is 0.500. The van der Waals surface area contributed by atoms with Crippen LogP contribution in [0.3, 0.4) is 0 Å². The molecular weight excluding hydrogens is 390 g/mol. The molecule has 0 amide bonds. The summed E-state index contributed by atoms with van der Waals surface area (Å²) in [6.45, 7) is 6.28. The zero-order chi connectivity index (χ0) is 21.9. The third kappa shape index (κ3) is 7.43. The first kappa shape index (κ1) is 22.9. The second kappa shape index (κ2) is 12.2. The van der Waals surface area contributed by atoms with E-state index in [2.05, 4.69) is 32.4 Å². The molecule has 3 rings (SSSR count). The highest BCUT2D eigenvalue weighted by Crippen LogP contribution is 2.22. The molecule has 0 bridgehead atoms. The molecule has 2 heterocycles. The molecule has 1 aromatic heterocycles. The summed E-state index contributed by atoms with van der Waals surface area (Å²) >= 11 is 0. The number of hydrogen-bond acceptors (Lipinski definition) is 5. The van der Waals surface area contributed by atoms with Crippen molar-refractivity contribution in [3.8, 4) is 17.4 Å². The van der Waals surface area contributed by atoms with E-state index in [-0.39, 0.29) is 0 Å². The third-order valence-corrected chi connectivity index (χ3v) is 5.62. The van der Waals surface area contributed by atoms with E-state index in [0.29, 0.717) is 12.4 Å². The molecular formula is C24H35N5O2. The van der Waals surface area contributed by atoms with Crippen LogP contribution in [0, 0.1) is 0 Å². The van der Waals surface area contributed by atoms with Crippen molar-refractivity contribution in [2.75, 3.05) is 33.8 Å². The van der Waals surface area contributed by atoms with E-state index < -0.39 is 0 Å². The molecule has 1 aliphatic rings. The molecule has 2 aromatic rings. The lowest BCUT2D eigenvalue weighted by Gasteiger charge is -2.33. The summed E-state index contributed by atoms with van der Waals surface area (Å²) in [5.74, 6) is 2.89. The van der Waals surface area contributed by atoms with Gasteiger partial charge < -0.3 is 25.0 Å². The highest BCUT2D eigenvalue weighted by atomic mass is 16.5. The number of nitrogens with one attached hydrogen (secondary N) is 2. The maximum Gasteiger partial charge on any atom is 0.219 e. The van der Waals surface area contributed by atoms with E-state index in [1.807, 2.05) is 42.6 Å². The van der Waals surface area contributed by atoms with Crippen LogP contribution in [0.5, 0.6) is 17.4 Å². The molecule has 31 heavy (non-hydrogen) atoms. The van der Waals surface area contributed by atoms with Gasteiger partial charge in [0.15, 0.2) is 5.96 Å². The van der Waals surface area contributed by atoms with Crippen LogP contribution in [0.15, 0.2) is 47.6 Å². The molecule has 7 nitrogen and oxygen atoms in total. The van der Waals surface area contributed by atoms with Gasteiger partial charge in [-0.2, -0.15) is 0 Å². The minimum Gasteiger partial charge on any atom is -0.497 e. The van der Waals surface area contributed by atoms with Crippen LogP contribution in [0.2, 0.25) is 0 Å². The largest absolute Gasteiger partial charge is 0.497 e. The minimum atomic E-state index is 0.559. The van der Waals surface area contributed by atoms with Crippen LogP contribution in [0.25, 0.3) is 0 Å². The smallest absolute Gasteiger partial charge is 0.219 e. The molecule has 1 fully saturated rings. The molecule has 1 aromatic carbocycles. The van der Waals surface area contributed by atoms with Gasteiger partial charge in [0.2, 0.25) is 5.88 Å². The predicted molar refractivity (Wildman–Crippen MR) is 125 cm³/mol. The summed E-state index contributed by atoms with van der Waals surface area (Å²) < 4.78 is 10.9. The van der Waals surface area contributed by atoms with Gasteiger partial charge in [0, 0.05) is 45.0 Å². The molecule has 0 radical (unpaired) electrons. The van der Waals surface area contributed by atoms with Crippen LogP contribution in [0.1, 0.15) is 38.2 Å². The maximum atomic E-state index is 5.78. The van der Waals surface area contributed by atoms with Gasteiger partial charge in [0.05, 0.1) is 7.11 Å². The Labute approximate surface area is 185 Å². The first-order chi connectivity index (χ1) is 15.2. The average molecular weight is 426 g/mol. The standard InChI is InChI=1S/C24H35N5O2/c1-19-7-4-5-15-29(19)16-6-14-26-24(25-2)28-18-20-8-13-23(27-17-20)31-22-11-9-21(30-3)10-12-22/h8-13,17,19H,4-7,14-16,18H2,1-3H3,(H2,25,26,28). The molecule has 0 saturated carbocycles. The number of guanidine groups is 1. The summed E-state index contributed by atoms with van der Waals surface area (Å²) in [4.78, 5) is 11.3. The average Bonchev–Trinajstić information content (AvgIpc) is 2.81. The van der Waals surface area contributed by atoms with E-state index in [1.165, 1.54) is 25.8 Å². The number of methoxy groups -OCH3 is 1. The van der Waals surface area contributed by atoms with Gasteiger partial charge in [-0.1, -0.05) is 12.5 Å². The van der Waals surface area contributed by atoms with Crippen molar-refractivity contribution in [1.29, 1.82) is 0 Å². The highest BCUT2D eigenvalue weighted by molar-refractivity contribution is 5.79. The van der Waals surface area contributed by atoms with Crippen molar-refractivity contribution in [3.05, 3.63) is 48.2 Å². The molecule has 2 N–H and O–H groups in total. The van der Waals surface area contributed by atoms with Gasteiger partial charge >= 0.3 is 0 Å². The molecule has 0 aliphatic carbocycles. The molecule has 168 valence electrons. The van der Waals surface area contributed by atoms with Gasteiger partial charge in [0.25, 0.3) is 0 Å². The van der Waals surface area contributed by atoms with Crippen molar-refractivity contribution in [2.45, 2.75) is 45.2 Å². The number of rotatable bonds is 9. The predicted octanol–water partition coefficient (Wildman–Crippen LogP) is 3.81. The minimum absolute atomic E-state index is 0.559. The highest BCUT2D eigenvalue weighted by Gasteiger charge is 2.17. The van der Waals surface area contributed by atoms with Crippen LogP contribution in [0.4, 0.5) is 0 Å². The number of pyridine rings is 1. The zero-order valence-electron chi connectivity index (χ0n) is 18.9. The van der Waals surface area contributed by atoms with Gasteiger partial charge in [-0.25, -0.2) is 4.98 Å². The van der Waals surface area contributed by atoms with E-state index in [0.717, 1.165) is 48.6 Å². The second-order valence-electron chi connectivity index (χ2n) is 7.87. The van der Waals surface area contributed by atoms with E-state index in [4.69, 9.17) is 9.47 Å². The van der Waals surface area contributed by atoms with E-state index in [9.17, 15) is 0 Å². The van der Waals surface area contributed by atoms with Crippen molar-refractivity contribution in [3.63, 3.8) is 0 Å². The number of nitrogens with zero attached hydrogens (tertiary/aromatic N) is 3. The first-order valence-corrected chi connectivity index (χ1v) is 11.1. The number of benzene rings is 1. The Balaban J connectivity index is 1.37. The third-order valence-electron chi connectivity index (χ3n) is 5.62. The van der Waals surface area contributed by atoms with Crippen LogP contribution >= 0.6 is 0 Å². The molecule has 1 saturated heterocycles. The summed E-state index contributed by atoms with van der Waals surface area (Å²) in [5, 5.41) is 6.75. The van der Waals surface area contributed by atoms with Crippen molar-refractivity contribution < 1.29 is 9.47 Å². The summed E-state index contributed by atoms with van der Waals surface area (Å²) in [5.41, 5.74) is 1.06.